The van der Waals surface area contributed by atoms with Crippen LogP contribution in [0, 0.1) is 0 Å². The maximum Gasteiger partial charge on any atom is 0.257 e. The van der Waals surface area contributed by atoms with Crippen molar-refractivity contribution in [2.75, 3.05) is 13.1 Å². The summed E-state index contributed by atoms with van der Waals surface area (Å²) in [7, 11) is 0. The first kappa shape index (κ1) is 14.3. The lowest BCUT2D eigenvalue weighted by molar-refractivity contribution is -0.132. The molecule has 3 heterocycles. The number of thiophene rings is 1. The van der Waals surface area contributed by atoms with Crippen molar-refractivity contribution in [3.05, 3.63) is 23.4 Å². The molecule has 1 atom stereocenters. The summed E-state index contributed by atoms with van der Waals surface area (Å²) in [6.07, 6.45) is 3.51. The van der Waals surface area contributed by atoms with Gasteiger partial charge >= 0.3 is 0 Å². The van der Waals surface area contributed by atoms with Crippen LogP contribution in [-0.2, 0) is 4.79 Å². The summed E-state index contributed by atoms with van der Waals surface area (Å²) in [5.41, 5.74) is 0. The van der Waals surface area contributed by atoms with Crippen LogP contribution >= 0.6 is 11.3 Å². The van der Waals surface area contributed by atoms with E-state index in [-0.39, 0.29) is 11.8 Å². The van der Waals surface area contributed by atoms with E-state index in [1.807, 2.05) is 29.3 Å². The van der Waals surface area contributed by atoms with E-state index >= 15 is 0 Å². The maximum atomic E-state index is 12.0. The van der Waals surface area contributed by atoms with Crippen molar-refractivity contribution in [3.63, 3.8) is 0 Å². The second-order valence-electron chi connectivity index (χ2n) is 5.35. The highest BCUT2D eigenvalue weighted by molar-refractivity contribution is 7.13. The third kappa shape index (κ3) is 3.15. The molecule has 6 heteroatoms. The van der Waals surface area contributed by atoms with Crippen molar-refractivity contribution in [2.24, 2.45) is 0 Å². The highest BCUT2D eigenvalue weighted by Crippen LogP contribution is 2.30. The lowest BCUT2D eigenvalue weighted by Crippen LogP contribution is -2.39. The fraction of sp³-hybridized carbons (Fsp3) is 0.533. The summed E-state index contributed by atoms with van der Waals surface area (Å²) >= 11 is 1.59. The number of piperidine rings is 1. The third-order valence-electron chi connectivity index (χ3n) is 3.76. The molecule has 1 fully saturated rings. The van der Waals surface area contributed by atoms with Gasteiger partial charge in [-0.3, -0.25) is 4.79 Å². The summed E-state index contributed by atoms with van der Waals surface area (Å²) in [5, 5.41) is 10.3. The Kier molecular flexibility index (Phi) is 4.34. The largest absolute Gasteiger partial charge is 0.420 e. The topological polar surface area (TPSA) is 59.2 Å². The maximum absolute atomic E-state index is 12.0. The second kappa shape index (κ2) is 6.39. The van der Waals surface area contributed by atoms with E-state index in [2.05, 4.69) is 10.2 Å². The van der Waals surface area contributed by atoms with Crippen LogP contribution in [0.3, 0.4) is 0 Å². The molecule has 0 aliphatic carbocycles. The molecule has 0 N–H and O–H groups in total. The molecule has 2 aromatic heterocycles. The number of likely N-dealkylation sites (tertiary alicyclic amines) is 1. The molecule has 1 aliphatic heterocycles. The first-order chi connectivity index (χ1) is 10.3. The van der Waals surface area contributed by atoms with Gasteiger partial charge in [0.25, 0.3) is 5.89 Å². The Bertz CT molecular complexity index is 594. The third-order valence-corrected chi connectivity index (χ3v) is 4.62. The molecular weight excluding hydrogens is 286 g/mol. The number of hydrogen-bond acceptors (Lipinski definition) is 5. The molecule has 1 aliphatic rings. The molecule has 2 aromatic rings. The molecular formula is C15H19N3O2S. The predicted molar refractivity (Wildman–Crippen MR) is 81.1 cm³/mol. The van der Waals surface area contributed by atoms with Crippen LogP contribution in [-0.4, -0.2) is 34.1 Å². The van der Waals surface area contributed by atoms with E-state index in [1.54, 1.807) is 11.3 Å². The van der Waals surface area contributed by atoms with Gasteiger partial charge in [-0.25, -0.2) is 0 Å². The number of hydrogen-bond donors (Lipinski definition) is 0. The summed E-state index contributed by atoms with van der Waals surface area (Å²) in [6, 6.07) is 3.94. The Hall–Kier alpha value is -1.69. The summed E-state index contributed by atoms with van der Waals surface area (Å²) in [4.78, 5) is 15.0. The summed E-state index contributed by atoms with van der Waals surface area (Å²) in [5.74, 6) is 1.64. The summed E-state index contributed by atoms with van der Waals surface area (Å²) < 4.78 is 5.81. The molecule has 0 bridgehead atoms. The quantitative estimate of drug-likeness (QED) is 0.869. The molecule has 112 valence electrons. The van der Waals surface area contributed by atoms with E-state index in [1.165, 1.54) is 0 Å². The molecule has 0 saturated carbocycles. The molecule has 0 spiro atoms. The molecule has 3 rings (SSSR count). The number of rotatable bonds is 4. The average molecular weight is 305 g/mol. The minimum atomic E-state index is 0.167. The van der Waals surface area contributed by atoms with Crippen LogP contribution in [0.4, 0.5) is 0 Å². The van der Waals surface area contributed by atoms with Crippen molar-refractivity contribution in [1.29, 1.82) is 0 Å². The highest BCUT2D eigenvalue weighted by atomic mass is 32.1. The van der Waals surface area contributed by atoms with Crippen LogP contribution in [0.1, 0.15) is 44.4 Å². The van der Waals surface area contributed by atoms with Gasteiger partial charge in [-0.15, -0.1) is 21.5 Å². The number of nitrogens with zero attached hydrogens (tertiary/aromatic N) is 3. The normalized spacial score (nSPS) is 18.9. The van der Waals surface area contributed by atoms with Gasteiger partial charge in [-0.1, -0.05) is 13.0 Å². The number of amides is 1. The van der Waals surface area contributed by atoms with Crippen molar-refractivity contribution >= 4 is 17.2 Å². The fourth-order valence-electron chi connectivity index (χ4n) is 2.68. The van der Waals surface area contributed by atoms with Gasteiger partial charge in [0.15, 0.2) is 0 Å². The molecule has 21 heavy (non-hydrogen) atoms. The molecule has 0 aromatic carbocycles. The van der Waals surface area contributed by atoms with E-state index in [9.17, 15) is 4.79 Å². The SMILES string of the molecule is CCCC(=O)N1CCC[C@@H](c2nnc(-c3cccs3)o2)C1. The monoisotopic (exact) mass is 305 g/mol. The van der Waals surface area contributed by atoms with Gasteiger partial charge in [0.1, 0.15) is 0 Å². The van der Waals surface area contributed by atoms with Crippen LogP contribution in [0.25, 0.3) is 10.8 Å². The zero-order valence-corrected chi connectivity index (χ0v) is 12.9. The second-order valence-corrected chi connectivity index (χ2v) is 6.30. The van der Waals surface area contributed by atoms with E-state index in [0.717, 1.165) is 30.7 Å². The summed E-state index contributed by atoms with van der Waals surface area (Å²) in [6.45, 7) is 3.58. The molecule has 1 amide bonds. The Balaban J connectivity index is 1.70. The lowest BCUT2D eigenvalue weighted by atomic mass is 9.97. The minimum absolute atomic E-state index is 0.167. The van der Waals surface area contributed by atoms with Gasteiger partial charge < -0.3 is 9.32 Å². The Morgan fingerprint density at radius 1 is 1.52 bits per heavy atom. The predicted octanol–water partition coefficient (Wildman–Crippen LogP) is 3.30. The van der Waals surface area contributed by atoms with Crippen molar-refractivity contribution < 1.29 is 9.21 Å². The lowest BCUT2D eigenvalue weighted by Gasteiger charge is -2.31. The van der Waals surface area contributed by atoms with Gasteiger partial charge in [-0.05, 0) is 30.7 Å². The first-order valence-electron chi connectivity index (χ1n) is 7.43. The number of carbonyl (C=O) groups excluding carboxylic acids is 1. The van der Waals surface area contributed by atoms with Crippen LogP contribution < -0.4 is 0 Å². The zero-order chi connectivity index (χ0) is 14.7. The van der Waals surface area contributed by atoms with Gasteiger partial charge in [0, 0.05) is 19.5 Å². The van der Waals surface area contributed by atoms with Gasteiger partial charge in [0.05, 0.1) is 10.8 Å². The highest BCUT2D eigenvalue weighted by Gasteiger charge is 2.28. The zero-order valence-electron chi connectivity index (χ0n) is 12.1. The van der Waals surface area contributed by atoms with Crippen LogP contribution in [0.5, 0.6) is 0 Å². The molecule has 0 radical (unpaired) electrons. The van der Waals surface area contributed by atoms with E-state index < -0.39 is 0 Å². The Morgan fingerprint density at radius 2 is 2.43 bits per heavy atom. The van der Waals surface area contributed by atoms with E-state index in [4.69, 9.17) is 4.42 Å². The molecule has 5 nitrogen and oxygen atoms in total. The Morgan fingerprint density at radius 3 is 3.19 bits per heavy atom. The van der Waals surface area contributed by atoms with Crippen molar-refractivity contribution in [3.8, 4) is 10.8 Å². The fourth-order valence-corrected chi connectivity index (χ4v) is 3.32. The molecule has 1 saturated heterocycles. The van der Waals surface area contributed by atoms with Gasteiger partial charge in [-0.2, -0.15) is 0 Å². The van der Waals surface area contributed by atoms with E-state index in [0.29, 0.717) is 24.7 Å². The molecule has 0 unspecified atom stereocenters. The average Bonchev–Trinajstić information content (AvgIpc) is 3.18. The standard InChI is InChI=1S/C15H19N3O2S/c1-2-5-13(19)18-8-3-6-11(10-18)14-16-17-15(20-14)12-7-4-9-21-12/h4,7,9,11H,2-3,5-6,8,10H2,1H3/t11-/m1/s1. The van der Waals surface area contributed by atoms with Crippen molar-refractivity contribution in [1.82, 2.24) is 15.1 Å². The van der Waals surface area contributed by atoms with Crippen LogP contribution in [0.15, 0.2) is 21.9 Å². The smallest absolute Gasteiger partial charge is 0.257 e. The first-order valence-corrected chi connectivity index (χ1v) is 8.31. The number of carbonyl (C=O) groups is 1. The van der Waals surface area contributed by atoms with Crippen LogP contribution in [0.2, 0.25) is 0 Å². The van der Waals surface area contributed by atoms with Gasteiger partial charge in [0.2, 0.25) is 11.8 Å². The minimum Gasteiger partial charge on any atom is -0.420 e. The number of aromatic nitrogens is 2. The Labute approximate surface area is 128 Å². The van der Waals surface area contributed by atoms with Crippen molar-refractivity contribution in [2.45, 2.75) is 38.5 Å².